The van der Waals surface area contributed by atoms with Crippen molar-refractivity contribution in [3.63, 3.8) is 0 Å². The maximum absolute atomic E-state index is 6.19. The van der Waals surface area contributed by atoms with Crippen LogP contribution in [0.1, 0.15) is 54.4 Å². The molecule has 0 amide bonds. The first-order chi connectivity index (χ1) is 15.6. The highest BCUT2D eigenvalue weighted by atomic mass is 35.5. The number of fused-ring (bicyclic) bond motifs is 2. The maximum Gasteiger partial charge on any atom is 0.117 e. The first-order valence-electron chi connectivity index (χ1n) is 10.9. The average molecular weight is 451 g/mol. The molecule has 4 rings (SSSR count). The molecule has 2 aromatic heterocycles. The van der Waals surface area contributed by atoms with Crippen molar-refractivity contribution in [2.45, 2.75) is 46.0 Å². The van der Waals surface area contributed by atoms with Crippen LogP contribution in [-0.2, 0) is 22.5 Å². The second-order valence-corrected chi connectivity index (χ2v) is 8.36. The summed E-state index contributed by atoms with van der Waals surface area (Å²) in [4.78, 5) is 20.0. The van der Waals surface area contributed by atoms with Gasteiger partial charge in [0.25, 0.3) is 0 Å². The number of halogens is 1. The number of nitrogens with zero attached hydrogens (tertiary/aromatic N) is 4. The Labute approximate surface area is 193 Å². The molecule has 1 aromatic carbocycles. The fourth-order valence-electron chi connectivity index (χ4n) is 4.07. The van der Waals surface area contributed by atoms with Crippen LogP contribution in [0.4, 0.5) is 0 Å². The summed E-state index contributed by atoms with van der Waals surface area (Å²) in [5.74, 6) is 0. The maximum atomic E-state index is 6.19. The van der Waals surface area contributed by atoms with Crippen LogP contribution in [-0.4, -0.2) is 35.1 Å². The van der Waals surface area contributed by atoms with E-state index in [0.29, 0.717) is 11.6 Å². The number of benzene rings is 1. The summed E-state index contributed by atoms with van der Waals surface area (Å²) in [5.41, 5.74) is 7.86. The second kappa shape index (κ2) is 10.1. The first kappa shape index (κ1) is 22.2. The molecule has 2 heterocycles. The molecule has 0 saturated heterocycles. The van der Waals surface area contributed by atoms with Gasteiger partial charge in [0.15, 0.2) is 0 Å². The van der Waals surface area contributed by atoms with E-state index >= 15 is 0 Å². The number of oxime groups is 2. The van der Waals surface area contributed by atoms with E-state index in [9.17, 15) is 0 Å². The third-order valence-corrected chi connectivity index (χ3v) is 5.93. The van der Waals surface area contributed by atoms with Crippen LogP contribution in [0.15, 0.2) is 46.7 Å². The van der Waals surface area contributed by atoms with Gasteiger partial charge in [-0.2, -0.15) is 0 Å². The minimum Gasteiger partial charge on any atom is -0.399 e. The van der Waals surface area contributed by atoms with Crippen LogP contribution in [0.5, 0.6) is 0 Å². The number of aryl methyl sites for hydroxylation is 2. The van der Waals surface area contributed by atoms with E-state index in [0.717, 1.165) is 71.5 Å². The topological polar surface area (TPSA) is 69.0 Å². The van der Waals surface area contributed by atoms with Gasteiger partial charge >= 0.3 is 0 Å². The molecule has 32 heavy (non-hydrogen) atoms. The molecule has 0 aliphatic heterocycles. The minimum absolute atomic E-state index is 0.522. The Hall–Kier alpha value is -2.99. The van der Waals surface area contributed by atoms with Gasteiger partial charge in [-0.05, 0) is 81.3 Å². The lowest BCUT2D eigenvalue weighted by atomic mass is 9.89. The van der Waals surface area contributed by atoms with E-state index in [4.69, 9.17) is 26.3 Å². The van der Waals surface area contributed by atoms with Gasteiger partial charge in [-0.1, -0.05) is 34.0 Å². The molecule has 0 radical (unpaired) electrons. The third-order valence-electron chi connectivity index (χ3n) is 5.70. The number of aromatic nitrogens is 2. The lowest BCUT2D eigenvalue weighted by molar-refractivity contribution is 0.141. The van der Waals surface area contributed by atoms with Crippen LogP contribution in [0.25, 0.3) is 10.9 Å². The van der Waals surface area contributed by atoms with Gasteiger partial charge in [-0.15, -0.1) is 0 Å². The molecule has 7 heteroatoms. The van der Waals surface area contributed by atoms with Crippen molar-refractivity contribution in [2.75, 3.05) is 13.7 Å². The Kier molecular flexibility index (Phi) is 7.00. The van der Waals surface area contributed by atoms with Gasteiger partial charge in [0.2, 0.25) is 0 Å². The van der Waals surface area contributed by atoms with E-state index in [1.807, 2.05) is 43.3 Å². The molecule has 1 aliphatic rings. The number of hydrogen-bond acceptors (Lipinski definition) is 6. The Balaban J connectivity index is 1.42. The standard InChI is InChI=1S/C25H27ClN4O2/c1-16-20-13-12-18(26)15-24(20)28-25-21(16)9-5-11-23(25)30-32-14-6-8-19-7-4-10-22(27-19)17(2)29-31-3/h4,7,10,12-13,15H,5-6,8-9,11,14H2,1-3H3/b29-17+,30-23+. The highest BCUT2D eigenvalue weighted by Crippen LogP contribution is 2.30. The largest absolute Gasteiger partial charge is 0.399 e. The molecule has 0 atom stereocenters. The smallest absolute Gasteiger partial charge is 0.117 e. The SMILES string of the molecule is CO/N=C(\C)c1cccc(CCCO/N=C2\CCCc3c2nc2cc(Cl)ccc2c3C)n1. The fraction of sp³-hybridized carbons (Fsp3) is 0.360. The van der Waals surface area contributed by atoms with E-state index in [1.54, 1.807) is 0 Å². The lowest BCUT2D eigenvalue weighted by Gasteiger charge is -2.20. The highest BCUT2D eigenvalue weighted by Gasteiger charge is 2.21. The first-order valence-corrected chi connectivity index (χ1v) is 11.3. The number of hydrogen-bond donors (Lipinski definition) is 0. The molecule has 166 valence electrons. The molecule has 3 aromatic rings. The Morgan fingerprint density at radius 2 is 2.03 bits per heavy atom. The second-order valence-electron chi connectivity index (χ2n) is 7.93. The highest BCUT2D eigenvalue weighted by molar-refractivity contribution is 6.31. The van der Waals surface area contributed by atoms with Crippen molar-refractivity contribution < 1.29 is 9.68 Å². The van der Waals surface area contributed by atoms with Crippen molar-refractivity contribution in [3.05, 3.63) is 69.6 Å². The van der Waals surface area contributed by atoms with Crippen LogP contribution >= 0.6 is 11.6 Å². The summed E-state index contributed by atoms with van der Waals surface area (Å²) in [6, 6.07) is 11.8. The van der Waals surface area contributed by atoms with Gasteiger partial charge < -0.3 is 9.68 Å². The van der Waals surface area contributed by atoms with Gasteiger partial charge in [0, 0.05) is 16.1 Å². The number of pyridine rings is 2. The molecule has 0 bridgehead atoms. The van der Waals surface area contributed by atoms with Crippen molar-refractivity contribution in [1.82, 2.24) is 9.97 Å². The molecule has 0 spiro atoms. The third kappa shape index (κ3) is 4.91. The van der Waals surface area contributed by atoms with Crippen molar-refractivity contribution >= 4 is 33.9 Å². The summed E-state index contributed by atoms with van der Waals surface area (Å²) in [6.07, 6.45) is 4.55. The van der Waals surface area contributed by atoms with Crippen LogP contribution in [0.3, 0.4) is 0 Å². The monoisotopic (exact) mass is 450 g/mol. The van der Waals surface area contributed by atoms with Crippen molar-refractivity contribution in [3.8, 4) is 0 Å². The average Bonchev–Trinajstić information content (AvgIpc) is 2.79. The van der Waals surface area contributed by atoms with Crippen LogP contribution in [0.2, 0.25) is 5.02 Å². The fourth-order valence-corrected chi connectivity index (χ4v) is 4.24. The molecule has 6 nitrogen and oxygen atoms in total. The van der Waals surface area contributed by atoms with E-state index in [-0.39, 0.29) is 0 Å². The van der Waals surface area contributed by atoms with E-state index < -0.39 is 0 Å². The van der Waals surface area contributed by atoms with Gasteiger partial charge in [-0.3, -0.25) is 4.98 Å². The quantitative estimate of drug-likeness (QED) is 0.265. The van der Waals surface area contributed by atoms with Crippen molar-refractivity contribution in [2.24, 2.45) is 10.3 Å². The molecular formula is C25H27ClN4O2. The Morgan fingerprint density at radius 1 is 1.16 bits per heavy atom. The van der Waals surface area contributed by atoms with E-state index in [1.165, 1.54) is 18.2 Å². The molecule has 1 aliphatic carbocycles. The molecule has 0 N–H and O–H groups in total. The summed E-state index contributed by atoms with van der Waals surface area (Å²) in [6.45, 7) is 4.55. The minimum atomic E-state index is 0.522. The lowest BCUT2D eigenvalue weighted by Crippen LogP contribution is -2.16. The molecular weight excluding hydrogens is 424 g/mol. The zero-order valence-electron chi connectivity index (χ0n) is 18.7. The summed E-state index contributed by atoms with van der Waals surface area (Å²) >= 11 is 6.19. The normalized spacial score (nSPS) is 15.1. The van der Waals surface area contributed by atoms with Crippen LogP contribution in [0, 0.1) is 6.92 Å². The van der Waals surface area contributed by atoms with Gasteiger partial charge in [0.1, 0.15) is 25.1 Å². The van der Waals surface area contributed by atoms with Gasteiger partial charge in [0.05, 0.1) is 16.9 Å². The molecule has 0 saturated carbocycles. The van der Waals surface area contributed by atoms with Crippen molar-refractivity contribution in [1.29, 1.82) is 0 Å². The summed E-state index contributed by atoms with van der Waals surface area (Å²) in [5, 5.41) is 10.2. The zero-order chi connectivity index (χ0) is 22.5. The number of rotatable bonds is 7. The summed E-state index contributed by atoms with van der Waals surface area (Å²) in [7, 11) is 1.53. The van der Waals surface area contributed by atoms with Crippen LogP contribution < -0.4 is 0 Å². The van der Waals surface area contributed by atoms with E-state index in [2.05, 4.69) is 22.2 Å². The van der Waals surface area contributed by atoms with Gasteiger partial charge in [-0.25, -0.2) is 4.98 Å². The zero-order valence-corrected chi connectivity index (χ0v) is 19.4. The molecule has 0 unspecified atom stereocenters. The molecule has 0 fully saturated rings. The Bertz CT molecular complexity index is 1190. The Morgan fingerprint density at radius 3 is 2.88 bits per heavy atom. The summed E-state index contributed by atoms with van der Waals surface area (Å²) < 4.78 is 0. The predicted octanol–water partition coefficient (Wildman–Crippen LogP) is 5.65. The predicted molar refractivity (Wildman–Crippen MR) is 129 cm³/mol.